The van der Waals surface area contributed by atoms with Crippen LogP contribution in [0.25, 0.3) is 0 Å². The minimum Gasteiger partial charge on any atom is -0.369 e. The number of rotatable bonds is 24. The molecule has 0 heterocycles. The summed E-state index contributed by atoms with van der Waals surface area (Å²) < 4.78 is 0. The average molecular weight is 438 g/mol. The second-order valence-electron chi connectivity index (χ2n) is 9.44. The molecule has 31 heavy (non-hydrogen) atoms. The lowest BCUT2D eigenvalue weighted by atomic mass is 10.0. The van der Waals surface area contributed by atoms with Crippen LogP contribution in [0.3, 0.4) is 0 Å². The van der Waals surface area contributed by atoms with Crippen LogP contribution in [0.1, 0.15) is 148 Å². The van der Waals surface area contributed by atoms with Gasteiger partial charge in [0, 0.05) is 20.5 Å². The molecular weight excluding hydrogens is 382 g/mol. The van der Waals surface area contributed by atoms with E-state index in [2.05, 4.69) is 19.1 Å². The first-order chi connectivity index (χ1) is 15.2. The standard InChI is InChI=1S/C28H55NO2/c1-4-5-6-7-8-9-10-11-12-13-14-15-16-17-18-19-20-21-22-23-24-25-26-27-28(30)31-29(2)3/h23-24H,4-22,25-27H2,1-3H3. The monoisotopic (exact) mass is 437 g/mol. The minimum absolute atomic E-state index is 0.137. The van der Waals surface area contributed by atoms with Crippen LogP contribution in [0, 0.1) is 0 Å². The van der Waals surface area contributed by atoms with Gasteiger partial charge >= 0.3 is 5.97 Å². The molecule has 0 aliphatic heterocycles. The van der Waals surface area contributed by atoms with Crippen LogP contribution >= 0.6 is 0 Å². The van der Waals surface area contributed by atoms with Crippen molar-refractivity contribution in [3.63, 3.8) is 0 Å². The fourth-order valence-electron chi connectivity index (χ4n) is 4.01. The number of unbranched alkanes of at least 4 members (excludes halogenated alkanes) is 19. The second kappa shape index (κ2) is 25.4. The minimum atomic E-state index is -0.137. The van der Waals surface area contributed by atoms with Gasteiger partial charge in [0.15, 0.2) is 0 Å². The zero-order valence-electron chi connectivity index (χ0n) is 21.5. The molecule has 184 valence electrons. The van der Waals surface area contributed by atoms with Crippen LogP contribution < -0.4 is 0 Å². The van der Waals surface area contributed by atoms with Crippen LogP contribution in [0.5, 0.6) is 0 Å². The number of allylic oxidation sites excluding steroid dienone is 2. The van der Waals surface area contributed by atoms with Gasteiger partial charge in [0.2, 0.25) is 0 Å². The third-order valence-electron chi connectivity index (χ3n) is 5.93. The molecule has 0 saturated heterocycles. The van der Waals surface area contributed by atoms with Crippen molar-refractivity contribution in [2.45, 2.75) is 148 Å². The summed E-state index contributed by atoms with van der Waals surface area (Å²) in [4.78, 5) is 16.4. The first-order valence-corrected chi connectivity index (χ1v) is 13.7. The maximum atomic E-state index is 11.4. The van der Waals surface area contributed by atoms with E-state index in [1.165, 1.54) is 127 Å². The van der Waals surface area contributed by atoms with E-state index in [1.807, 2.05) is 0 Å². The number of nitrogens with zero attached hydrogens (tertiary/aromatic N) is 1. The Morgan fingerprint density at radius 1 is 0.581 bits per heavy atom. The molecule has 3 heteroatoms. The van der Waals surface area contributed by atoms with E-state index in [0.29, 0.717) is 6.42 Å². The van der Waals surface area contributed by atoms with Crippen LogP contribution in [-0.2, 0) is 9.63 Å². The molecule has 0 radical (unpaired) electrons. The van der Waals surface area contributed by atoms with Gasteiger partial charge in [-0.2, -0.15) is 0 Å². The van der Waals surface area contributed by atoms with Crippen molar-refractivity contribution < 1.29 is 9.63 Å². The zero-order valence-corrected chi connectivity index (χ0v) is 21.5. The number of hydroxylamine groups is 2. The molecule has 0 aliphatic carbocycles. The molecule has 0 unspecified atom stereocenters. The Hall–Kier alpha value is -0.830. The van der Waals surface area contributed by atoms with Crippen molar-refractivity contribution >= 4 is 5.97 Å². The Labute approximate surface area is 195 Å². The van der Waals surface area contributed by atoms with Gasteiger partial charge in [0.05, 0.1) is 0 Å². The molecule has 0 N–H and O–H groups in total. The van der Waals surface area contributed by atoms with E-state index >= 15 is 0 Å². The molecule has 0 spiro atoms. The number of carbonyl (C=O) groups is 1. The predicted molar refractivity (Wildman–Crippen MR) is 136 cm³/mol. The van der Waals surface area contributed by atoms with Gasteiger partial charge in [-0.3, -0.25) is 4.79 Å². The Kier molecular flexibility index (Phi) is 24.7. The summed E-state index contributed by atoms with van der Waals surface area (Å²) in [5.41, 5.74) is 0. The van der Waals surface area contributed by atoms with Crippen LogP contribution in [-0.4, -0.2) is 25.1 Å². The topological polar surface area (TPSA) is 29.5 Å². The highest BCUT2D eigenvalue weighted by Gasteiger charge is 2.02. The van der Waals surface area contributed by atoms with Gasteiger partial charge in [-0.25, -0.2) is 0 Å². The summed E-state index contributed by atoms with van der Waals surface area (Å²) in [5, 5.41) is 1.46. The molecular formula is C28H55NO2. The molecule has 0 amide bonds. The molecule has 0 aromatic rings. The van der Waals surface area contributed by atoms with E-state index in [0.717, 1.165) is 12.8 Å². The fraction of sp³-hybridized carbons (Fsp3) is 0.893. The van der Waals surface area contributed by atoms with Crippen molar-refractivity contribution in [1.82, 2.24) is 5.06 Å². The summed E-state index contributed by atoms with van der Waals surface area (Å²) in [6, 6.07) is 0. The number of hydrogen-bond donors (Lipinski definition) is 0. The smallest absolute Gasteiger partial charge is 0.325 e. The van der Waals surface area contributed by atoms with Crippen LogP contribution in [0.2, 0.25) is 0 Å². The first-order valence-electron chi connectivity index (χ1n) is 13.7. The maximum absolute atomic E-state index is 11.4. The second-order valence-corrected chi connectivity index (χ2v) is 9.44. The predicted octanol–water partition coefficient (Wildman–Crippen LogP) is 9.16. The highest BCUT2D eigenvalue weighted by Crippen LogP contribution is 2.14. The van der Waals surface area contributed by atoms with Gasteiger partial charge in [-0.05, 0) is 25.7 Å². The van der Waals surface area contributed by atoms with Gasteiger partial charge in [0.1, 0.15) is 0 Å². The third-order valence-corrected chi connectivity index (χ3v) is 5.93. The van der Waals surface area contributed by atoms with Crippen LogP contribution in [0.15, 0.2) is 12.2 Å². The Morgan fingerprint density at radius 3 is 1.32 bits per heavy atom. The highest BCUT2D eigenvalue weighted by atomic mass is 16.7. The quantitative estimate of drug-likeness (QED) is 0.0856. The van der Waals surface area contributed by atoms with E-state index in [4.69, 9.17) is 4.84 Å². The van der Waals surface area contributed by atoms with Gasteiger partial charge in [-0.1, -0.05) is 128 Å². The lowest BCUT2D eigenvalue weighted by molar-refractivity contribution is -0.178. The Bertz CT molecular complexity index is 392. The summed E-state index contributed by atoms with van der Waals surface area (Å²) >= 11 is 0. The van der Waals surface area contributed by atoms with Crippen LogP contribution in [0.4, 0.5) is 0 Å². The van der Waals surface area contributed by atoms with E-state index < -0.39 is 0 Å². The maximum Gasteiger partial charge on any atom is 0.325 e. The van der Waals surface area contributed by atoms with E-state index in [-0.39, 0.29) is 5.97 Å². The summed E-state index contributed by atoms with van der Waals surface area (Å²) in [7, 11) is 3.47. The molecule has 0 atom stereocenters. The van der Waals surface area contributed by atoms with Crippen molar-refractivity contribution in [1.29, 1.82) is 0 Å². The van der Waals surface area contributed by atoms with Crippen molar-refractivity contribution in [2.24, 2.45) is 0 Å². The van der Waals surface area contributed by atoms with E-state index in [9.17, 15) is 4.79 Å². The molecule has 0 rings (SSSR count). The molecule has 0 fully saturated rings. The summed E-state index contributed by atoms with van der Waals surface area (Å²) in [6.45, 7) is 2.29. The summed E-state index contributed by atoms with van der Waals surface area (Å²) in [6.07, 6.45) is 33.7. The first kappa shape index (κ1) is 30.2. The molecule has 0 aliphatic rings. The Balaban J connectivity index is 3.13. The largest absolute Gasteiger partial charge is 0.369 e. The average Bonchev–Trinajstić information content (AvgIpc) is 2.73. The van der Waals surface area contributed by atoms with Gasteiger partial charge in [0.25, 0.3) is 0 Å². The zero-order chi connectivity index (χ0) is 22.8. The van der Waals surface area contributed by atoms with Crippen molar-refractivity contribution in [3.05, 3.63) is 12.2 Å². The van der Waals surface area contributed by atoms with Crippen molar-refractivity contribution in [3.8, 4) is 0 Å². The third kappa shape index (κ3) is 27.1. The molecule has 0 saturated carbocycles. The fourth-order valence-corrected chi connectivity index (χ4v) is 4.01. The highest BCUT2D eigenvalue weighted by molar-refractivity contribution is 5.68. The Morgan fingerprint density at radius 2 is 0.935 bits per heavy atom. The molecule has 0 bridgehead atoms. The summed E-state index contributed by atoms with van der Waals surface area (Å²) in [5.74, 6) is -0.137. The SMILES string of the molecule is CCCCCCCCCCCCCCCCCCCCC=CCCCC(=O)ON(C)C. The lowest BCUT2D eigenvalue weighted by Gasteiger charge is -2.08. The van der Waals surface area contributed by atoms with E-state index in [1.54, 1.807) is 14.1 Å². The van der Waals surface area contributed by atoms with Crippen molar-refractivity contribution in [2.75, 3.05) is 14.1 Å². The molecule has 0 aromatic heterocycles. The van der Waals surface area contributed by atoms with Gasteiger partial charge < -0.3 is 4.84 Å². The van der Waals surface area contributed by atoms with Gasteiger partial charge in [-0.15, -0.1) is 5.06 Å². The molecule has 0 aromatic carbocycles. The number of hydrogen-bond acceptors (Lipinski definition) is 3. The number of carbonyl (C=O) groups excluding carboxylic acids is 1. The normalized spacial score (nSPS) is 11.6. The molecule has 3 nitrogen and oxygen atoms in total. The lowest BCUT2D eigenvalue weighted by Crippen LogP contribution is -2.18.